The Hall–Kier alpha value is -2.86. The first-order chi connectivity index (χ1) is 14.0. The van der Waals surface area contributed by atoms with E-state index in [1.54, 1.807) is 7.11 Å². The van der Waals surface area contributed by atoms with Crippen LogP contribution in [0, 0.1) is 5.92 Å². The number of esters is 1. The van der Waals surface area contributed by atoms with Gasteiger partial charge in [-0.15, -0.1) is 0 Å². The molecule has 1 aliphatic carbocycles. The highest BCUT2D eigenvalue weighted by Gasteiger charge is 2.32. The summed E-state index contributed by atoms with van der Waals surface area (Å²) >= 11 is 0. The van der Waals surface area contributed by atoms with Gasteiger partial charge in [-0.05, 0) is 60.4 Å². The van der Waals surface area contributed by atoms with E-state index < -0.39 is 5.91 Å². The Balaban J connectivity index is 2.03. The van der Waals surface area contributed by atoms with Crippen LogP contribution in [-0.2, 0) is 16.1 Å². The summed E-state index contributed by atoms with van der Waals surface area (Å²) < 4.78 is 10.5. The molecule has 29 heavy (non-hydrogen) atoms. The van der Waals surface area contributed by atoms with Crippen LogP contribution in [0.3, 0.4) is 0 Å². The lowest BCUT2D eigenvalue weighted by atomic mass is 9.76. The van der Waals surface area contributed by atoms with Crippen LogP contribution in [0.4, 0.5) is 0 Å². The molecule has 0 aliphatic heterocycles. The van der Waals surface area contributed by atoms with E-state index in [2.05, 4.69) is 0 Å². The molecule has 0 aromatic heterocycles. The van der Waals surface area contributed by atoms with Gasteiger partial charge in [-0.2, -0.15) is 0 Å². The molecule has 0 heterocycles. The second kappa shape index (κ2) is 9.09. The molecule has 3 rings (SSSR count). The van der Waals surface area contributed by atoms with E-state index >= 15 is 0 Å². The lowest BCUT2D eigenvalue weighted by Crippen LogP contribution is -2.24. The van der Waals surface area contributed by atoms with Crippen LogP contribution in [0.15, 0.2) is 36.4 Å². The van der Waals surface area contributed by atoms with Gasteiger partial charge >= 0.3 is 5.97 Å². The van der Waals surface area contributed by atoms with Crippen LogP contribution < -0.4 is 16.2 Å². The molecule has 1 saturated carbocycles. The SMILES string of the molecule is COC(=O)C1CCC(c2c(OC)ccc(-c3ccc(CN)cc3)c2C(N)=O)CC1. The van der Waals surface area contributed by atoms with Crippen molar-refractivity contribution >= 4 is 11.9 Å². The zero-order valence-electron chi connectivity index (χ0n) is 16.9. The van der Waals surface area contributed by atoms with Gasteiger partial charge in [-0.3, -0.25) is 9.59 Å². The summed E-state index contributed by atoms with van der Waals surface area (Å²) in [6, 6.07) is 11.6. The van der Waals surface area contributed by atoms with Crippen LogP contribution in [0.5, 0.6) is 5.75 Å². The first kappa shape index (κ1) is 20.9. The van der Waals surface area contributed by atoms with E-state index in [0.717, 1.165) is 35.1 Å². The fraction of sp³-hybridized carbons (Fsp3) is 0.391. The van der Waals surface area contributed by atoms with Crippen LogP contribution in [-0.4, -0.2) is 26.1 Å². The summed E-state index contributed by atoms with van der Waals surface area (Å²) in [4.78, 5) is 24.4. The monoisotopic (exact) mass is 396 g/mol. The van der Waals surface area contributed by atoms with E-state index in [1.807, 2.05) is 36.4 Å². The van der Waals surface area contributed by atoms with Crippen molar-refractivity contribution in [3.05, 3.63) is 53.1 Å². The van der Waals surface area contributed by atoms with Crippen molar-refractivity contribution in [1.82, 2.24) is 0 Å². The summed E-state index contributed by atoms with van der Waals surface area (Å²) in [6.45, 7) is 0.459. The average Bonchev–Trinajstić information content (AvgIpc) is 2.77. The number of ether oxygens (including phenoxy) is 2. The summed E-state index contributed by atoms with van der Waals surface area (Å²) in [5, 5.41) is 0. The van der Waals surface area contributed by atoms with Gasteiger partial charge in [-0.25, -0.2) is 0 Å². The molecule has 0 bridgehead atoms. The van der Waals surface area contributed by atoms with Crippen molar-refractivity contribution in [3.63, 3.8) is 0 Å². The molecule has 6 nitrogen and oxygen atoms in total. The molecule has 154 valence electrons. The summed E-state index contributed by atoms with van der Waals surface area (Å²) in [7, 11) is 3.02. The van der Waals surface area contributed by atoms with Crippen LogP contribution in [0.1, 0.15) is 53.1 Å². The van der Waals surface area contributed by atoms with Crippen molar-refractivity contribution in [2.24, 2.45) is 17.4 Å². The first-order valence-corrected chi connectivity index (χ1v) is 9.88. The molecule has 0 atom stereocenters. The third-order valence-electron chi connectivity index (χ3n) is 5.84. The molecular weight excluding hydrogens is 368 g/mol. The quantitative estimate of drug-likeness (QED) is 0.729. The zero-order valence-corrected chi connectivity index (χ0v) is 16.9. The summed E-state index contributed by atoms with van der Waals surface area (Å²) in [6.07, 6.45) is 2.97. The van der Waals surface area contributed by atoms with Gasteiger partial charge in [0.15, 0.2) is 0 Å². The highest BCUT2D eigenvalue weighted by atomic mass is 16.5. The predicted octanol–water partition coefficient (Wildman–Crippen LogP) is 3.37. The van der Waals surface area contributed by atoms with Crippen LogP contribution in [0.2, 0.25) is 0 Å². The number of amides is 1. The number of benzene rings is 2. The lowest BCUT2D eigenvalue weighted by Gasteiger charge is -2.30. The molecule has 2 aromatic rings. The minimum absolute atomic E-state index is 0.0914. The third-order valence-corrected chi connectivity index (χ3v) is 5.84. The summed E-state index contributed by atoms with van der Waals surface area (Å²) in [5.41, 5.74) is 15.6. The third kappa shape index (κ3) is 4.27. The molecule has 0 radical (unpaired) electrons. The number of hydrogen-bond acceptors (Lipinski definition) is 5. The van der Waals surface area contributed by atoms with Gasteiger partial charge in [0.05, 0.1) is 25.7 Å². The molecule has 1 amide bonds. The Labute approximate surface area is 171 Å². The highest BCUT2D eigenvalue weighted by molar-refractivity contribution is 6.02. The second-order valence-electron chi connectivity index (χ2n) is 7.44. The van der Waals surface area contributed by atoms with Crippen molar-refractivity contribution in [2.45, 2.75) is 38.1 Å². The smallest absolute Gasteiger partial charge is 0.308 e. The molecular formula is C23H28N2O4. The topological polar surface area (TPSA) is 105 Å². The number of primary amides is 1. The Bertz CT molecular complexity index is 884. The average molecular weight is 396 g/mol. The Morgan fingerprint density at radius 1 is 1.00 bits per heavy atom. The minimum atomic E-state index is -0.480. The van der Waals surface area contributed by atoms with Gasteiger partial charge in [0.1, 0.15) is 5.75 Å². The van der Waals surface area contributed by atoms with Crippen LogP contribution in [0.25, 0.3) is 11.1 Å². The fourth-order valence-corrected chi connectivity index (χ4v) is 4.29. The molecule has 1 aliphatic rings. The van der Waals surface area contributed by atoms with E-state index in [1.165, 1.54) is 7.11 Å². The van der Waals surface area contributed by atoms with Crippen LogP contribution >= 0.6 is 0 Å². The van der Waals surface area contributed by atoms with E-state index in [0.29, 0.717) is 30.7 Å². The predicted molar refractivity (Wildman–Crippen MR) is 112 cm³/mol. The Morgan fingerprint density at radius 3 is 2.17 bits per heavy atom. The summed E-state index contributed by atoms with van der Waals surface area (Å²) in [5.74, 6) is 0.0108. The second-order valence-corrected chi connectivity index (χ2v) is 7.44. The number of hydrogen-bond donors (Lipinski definition) is 2. The van der Waals surface area contributed by atoms with E-state index in [9.17, 15) is 9.59 Å². The number of carbonyl (C=O) groups is 2. The molecule has 2 aromatic carbocycles. The molecule has 0 saturated heterocycles. The van der Waals surface area contributed by atoms with Crippen molar-refractivity contribution < 1.29 is 19.1 Å². The number of carbonyl (C=O) groups excluding carboxylic acids is 2. The fourth-order valence-electron chi connectivity index (χ4n) is 4.29. The number of nitrogens with two attached hydrogens (primary N) is 2. The maximum atomic E-state index is 12.5. The van der Waals surface area contributed by atoms with Crippen molar-refractivity contribution in [2.75, 3.05) is 14.2 Å². The Morgan fingerprint density at radius 2 is 1.66 bits per heavy atom. The molecule has 1 fully saturated rings. The van der Waals surface area contributed by atoms with E-state index in [-0.39, 0.29) is 17.8 Å². The van der Waals surface area contributed by atoms with Crippen molar-refractivity contribution in [1.29, 1.82) is 0 Å². The molecule has 4 N–H and O–H groups in total. The van der Waals surface area contributed by atoms with Gasteiger partial charge < -0.3 is 20.9 Å². The van der Waals surface area contributed by atoms with Gasteiger partial charge in [0.25, 0.3) is 0 Å². The van der Waals surface area contributed by atoms with Gasteiger partial charge in [-0.1, -0.05) is 24.3 Å². The number of methoxy groups -OCH3 is 2. The van der Waals surface area contributed by atoms with Crippen molar-refractivity contribution in [3.8, 4) is 16.9 Å². The first-order valence-electron chi connectivity index (χ1n) is 9.88. The molecule has 0 unspecified atom stereocenters. The number of rotatable bonds is 6. The Kier molecular flexibility index (Phi) is 6.54. The van der Waals surface area contributed by atoms with Gasteiger partial charge in [0.2, 0.25) is 5.91 Å². The maximum Gasteiger partial charge on any atom is 0.308 e. The highest BCUT2D eigenvalue weighted by Crippen LogP contribution is 2.44. The van der Waals surface area contributed by atoms with Gasteiger partial charge in [0, 0.05) is 12.1 Å². The zero-order chi connectivity index (χ0) is 21.0. The minimum Gasteiger partial charge on any atom is -0.496 e. The van der Waals surface area contributed by atoms with E-state index in [4.69, 9.17) is 20.9 Å². The molecule has 6 heteroatoms. The lowest BCUT2D eigenvalue weighted by molar-refractivity contribution is -0.146. The maximum absolute atomic E-state index is 12.5. The largest absolute Gasteiger partial charge is 0.496 e. The standard InChI is InChI=1S/C23H28N2O4/c1-28-19-12-11-18(15-5-3-14(13-24)4-6-15)21(22(25)26)20(19)16-7-9-17(10-8-16)23(27)29-2/h3-6,11-12,16-17H,7-10,13,24H2,1-2H3,(H2,25,26). The normalized spacial score (nSPS) is 18.9. The molecule has 0 spiro atoms.